The van der Waals surface area contributed by atoms with Gasteiger partial charge < -0.3 is 9.84 Å². The number of Topliss-reactive ketones (excluding diaryl/α,β-unsaturated/α-hetero) is 1. The molecule has 0 aromatic carbocycles. The first-order chi connectivity index (χ1) is 6.13. The molecule has 1 atom stereocenters. The van der Waals surface area contributed by atoms with Gasteiger partial charge in [-0.25, -0.2) is 0 Å². The fraction of sp³-hybridized carbons (Fsp3) is 0.800. The zero-order chi connectivity index (χ0) is 11.6. The van der Waals surface area contributed by atoms with Crippen LogP contribution in [0.4, 0.5) is 0 Å². The number of carbonyl (C=O) groups is 2. The van der Waals surface area contributed by atoms with E-state index in [1.165, 1.54) is 13.8 Å². The highest BCUT2D eigenvalue weighted by molar-refractivity contribution is 6.02. The number of esters is 1. The van der Waals surface area contributed by atoms with Gasteiger partial charge in [-0.2, -0.15) is 0 Å². The summed E-state index contributed by atoms with van der Waals surface area (Å²) in [5.41, 5.74) is -2.09. The molecule has 0 spiro atoms. The second kappa shape index (κ2) is 4.09. The van der Waals surface area contributed by atoms with E-state index in [1.807, 2.05) is 0 Å². The molecule has 82 valence electrons. The summed E-state index contributed by atoms with van der Waals surface area (Å²) in [6.45, 7) is 7.25. The van der Waals surface area contributed by atoms with Crippen molar-refractivity contribution in [3.63, 3.8) is 0 Å². The lowest BCUT2D eigenvalue weighted by atomic mass is 9.87. The van der Waals surface area contributed by atoms with Gasteiger partial charge in [-0.3, -0.25) is 9.59 Å². The maximum absolute atomic E-state index is 11.6. The monoisotopic (exact) mass is 202 g/mol. The first kappa shape index (κ1) is 13.1. The highest BCUT2D eigenvalue weighted by atomic mass is 16.6. The number of hydrogen-bond donors (Lipinski definition) is 1. The van der Waals surface area contributed by atoms with Crippen LogP contribution >= 0.6 is 0 Å². The summed E-state index contributed by atoms with van der Waals surface area (Å²) in [5.74, 6) is -1.07. The molecule has 0 aliphatic heterocycles. The lowest BCUT2D eigenvalue weighted by molar-refractivity contribution is -0.171. The third-order valence-corrected chi connectivity index (χ3v) is 1.94. The Hall–Kier alpha value is -0.900. The number of hydrogen-bond acceptors (Lipinski definition) is 4. The summed E-state index contributed by atoms with van der Waals surface area (Å²) in [4.78, 5) is 22.7. The number of ketones is 1. The number of aliphatic hydroxyl groups excluding tert-OH is 1. The molecule has 0 heterocycles. The van der Waals surface area contributed by atoms with Crippen LogP contribution in [0.2, 0.25) is 0 Å². The van der Waals surface area contributed by atoms with Gasteiger partial charge in [0.15, 0.2) is 0 Å². The second-order valence-electron chi connectivity index (χ2n) is 4.55. The molecular formula is C10H18O4. The van der Waals surface area contributed by atoms with E-state index in [-0.39, 0.29) is 0 Å². The maximum Gasteiger partial charge on any atom is 0.322 e. The van der Waals surface area contributed by atoms with Crippen molar-refractivity contribution < 1.29 is 19.4 Å². The quantitative estimate of drug-likeness (QED) is 0.546. The van der Waals surface area contributed by atoms with E-state index in [1.54, 1.807) is 20.8 Å². The molecule has 0 aromatic heterocycles. The van der Waals surface area contributed by atoms with Crippen molar-refractivity contribution in [1.82, 2.24) is 0 Å². The van der Waals surface area contributed by atoms with Gasteiger partial charge in [-0.05, 0) is 34.6 Å². The van der Waals surface area contributed by atoms with E-state index in [2.05, 4.69) is 0 Å². The number of rotatable bonds is 3. The summed E-state index contributed by atoms with van der Waals surface area (Å²) in [7, 11) is 0. The Bertz CT molecular complexity index is 239. The van der Waals surface area contributed by atoms with Crippen LogP contribution in [0, 0.1) is 5.41 Å². The van der Waals surface area contributed by atoms with E-state index < -0.39 is 29.4 Å². The van der Waals surface area contributed by atoms with Crippen molar-refractivity contribution >= 4 is 11.8 Å². The van der Waals surface area contributed by atoms with Crippen molar-refractivity contribution in [2.75, 3.05) is 6.61 Å². The Morgan fingerprint density at radius 2 is 1.64 bits per heavy atom. The lowest BCUT2D eigenvalue weighted by Gasteiger charge is -2.27. The van der Waals surface area contributed by atoms with Gasteiger partial charge in [0.05, 0.1) is 6.61 Å². The number of aliphatic hydroxyl groups is 1. The van der Waals surface area contributed by atoms with Gasteiger partial charge in [0, 0.05) is 0 Å². The average Bonchev–Trinajstić information content (AvgIpc) is 1.99. The third-order valence-electron chi connectivity index (χ3n) is 1.94. The molecule has 0 aromatic rings. The molecule has 0 saturated heterocycles. The minimum absolute atomic E-state index is 0.394. The van der Waals surface area contributed by atoms with Crippen LogP contribution in [-0.4, -0.2) is 29.1 Å². The van der Waals surface area contributed by atoms with Crippen LogP contribution in [0.5, 0.6) is 0 Å². The van der Waals surface area contributed by atoms with Crippen LogP contribution < -0.4 is 0 Å². The van der Waals surface area contributed by atoms with Crippen molar-refractivity contribution in [1.29, 1.82) is 0 Å². The summed E-state index contributed by atoms with van der Waals surface area (Å²) < 4.78 is 5.04. The van der Waals surface area contributed by atoms with Crippen molar-refractivity contribution in [3.8, 4) is 0 Å². The Balaban J connectivity index is 4.73. The van der Waals surface area contributed by atoms with Gasteiger partial charge in [0.1, 0.15) is 16.8 Å². The maximum atomic E-state index is 11.6. The van der Waals surface area contributed by atoms with Crippen LogP contribution in [-0.2, 0) is 14.3 Å². The molecule has 1 N–H and O–H groups in total. The predicted molar refractivity (Wildman–Crippen MR) is 51.7 cm³/mol. The Morgan fingerprint density at radius 1 is 1.21 bits per heavy atom. The predicted octanol–water partition coefficient (Wildman–Crippen LogP) is 0.916. The molecular weight excluding hydrogens is 184 g/mol. The standard InChI is InChI=1S/C10H18O4/c1-7(12)10(5,6-11)8(13)14-9(2,3)4/h11H,6H2,1-5H3. The van der Waals surface area contributed by atoms with Gasteiger partial charge in [-0.15, -0.1) is 0 Å². The highest BCUT2D eigenvalue weighted by Crippen LogP contribution is 2.22. The highest BCUT2D eigenvalue weighted by Gasteiger charge is 2.41. The van der Waals surface area contributed by atoms with Crippen LogP contribution in [0.1, 0.15) is 34.6 Å². The summed E-state index contributed by atoms with van der Waals surface area (Å²) >= 11 is 0. The van der Waals surface area contributed by atoms with Crippen LogP contribution in [0.25, 0.3) is 0 Å². The van der Waals surface area contributed by atoms with Crippen molar-refractivity contribution in [3.05, 3.63) is 0 Å². The number of carbonyl (C=O) groups excluding carboxylic acids is 2. The van der Waals surface area contributed by atoms with E-state index in [9.17, 15) is 9.59 Å². The molecule has 0 saturated carbocycles. The van der Waals surface area contributed by atoms with Gasteiger partial charge in [0.25, 0.3) is 0 Å². The molecule has 0 bridgehead atoms. The van der Waals surface area contributed by atoms with Crippen LogP contribution in [0.15, 0.2) is 0 Å². The molecule has 0 amide bonds. The van der Waals surface area contributed by atoms with Gasteiger partial charge in [0.2, 0.25) is 0 Å². The van der Waals surface area contributed by atoms with E-state index in [4.69, 9.17) is 9.84 Å². The molecule has 0 aliphatic carbocycles. The Kier molecular flexibility index (Phi) is 3.82. The molecule has 4 heteroatoms. The summed E-state index contributed by atoms with van der Waals surface area (Å²) in [6.07, 6.45) is 0. The van der Waals surface area contributed by atoms with Crippen molar-refractivity contribution in [2.24, 2.45) is 5.41 Å². The fourth-order valence-corrected chi connectivity index (χ4v) is 0.710. The molecule has 0 fully saturated rings. The molecule has 1 unspecified atom stereocenters. The fourth-order valence-electron chi connectivity index (χ4n) is 0.710. The lowest BCUT2D eigenvalue weighted by Crippen LogP contribution is -2.43. The van der Waals surface area contributed by atoms with E-state index in [0.717, 1.165) is 0 Å². The first-order valence-corrected chi connectivity index (χ1v) is 4.49. The molecule has 4 nitrogen and oxygen atoms in total. The zero-order valence-electron chi connectivity index (χ0n) is 9.38. The first-order valence-electron chi connectivity index (χ1n) is 4.49. The Morgan fingerprint density at radius 3 is 1.86 bits per heavy atom. The average molecular weight is 202 g/mol. The smallest absolute Gasteiger partial charge is 0.322 e. The number of ether oxygens (including phenoxy) is 1. The molecule has 0 rings (SSSR count). The van der Waals surface area contributed by atoms with Gasteiger partial charge >= 0.3 is 5.97 Å². The molecule has 0 aliphatic rings. The second-order valence-corrected chi connectivity index (χ2v) is 4.55. The third kappa shape index (κ3) is 3.10. The zero-order valence-corrected chi connectivity index (χ0v) is 9.38. The largest absolute Gasteiger partial charge is 0.459 e. The minimum atomic E-state index is -1.44. The van der Waals surface area contributed by atoms with Gasteiger partial charge in [-0.1, -0.05) is 0 Å². The van der Waals surface area contributed by atoms with Crippen molar-refractivity contribution in [2.45, 2.75) is 40.2 Å². The summed E-state index contributed by atoms with van der Waals surface area (Å²) in [5, 5.41) is 9.00. The van der Waals surface area contributed by atoms with E-state index in [0.29, 0.717) is 0 Å². The molecule has 14 heavy (non-hydrogen) atoms. The SMILES string of the molecule is CC(=O)C(C)(CO)C(=O)OC(C)(C)C. The topological polar surface area (TPSA) is 63.6 Å². The Labute approximate surface area is 84.3 Å². The van der Waals surface area contributed by atoms with E-state index >= 15 is 0 Å². The summed E-state index contributed by atoms with van der Waals surface area (Å²) in [6, 6.07) is 0. The van der Waals surface area contributed by atoms with Crippen LogP contribution in [0.3, 0.4) is 0 Å². The minimum Gasteiger partial charge on any atom is -0.459 e. The normalized spacial score (nSPS) is 15.9. The molecule has 0 radical (unpaired) electrons.